The van der Waals surface area contributed by atoms with Crippen molar-refractivity contribution in [3.8, 4) is 6.07 Å². The highest BCUT2D eigenvalue weighted by molar-refractivity contribution is 6.05. The van der Waals surface area contributed by atoms with Gasteiger partial charge in [-0.3, -0.25) is 14.6 Å². The SMILES string of the molecule is CCC1CCCCN1C(=O)c1ccnc(C(=O)Nc2ccccc2C#N)c1. The molecule has 1 unspecified atom stereocenters. The Balaban J connectivity index is 1.79. The third-order valence-electron chi connectivity index (χ3n) is 4.89. The molecule has 2 amide bonds. The van der Waals surface area contributed by atoms with Crippen molar-refractivity contribution in [1.29, 1.82) is 5.26 Å². The zero-order valence-corrected chi connectivity index (χ0v) is 15.3. The summed E-state index contributed by atoms with van der Waals surface area (Å²) >= 11 is 0. The molecule has 0 radical (unpaired) electrons. The Morgan fingerprint density at radius 1 is 1.30 bits per heavy atom. The van der Waals surface area contributed by atoms with Gasteiger partial charge in [-0.1, -0.05) is 19.1 Å². The minimum atomic E-state index is -0.446. The van der Waals surface area contributed by atoms with E-state index < -0.39 is 5.91 Å². The number of anilines is 1. The maximum absolute atomic E-state index is 12.9. The van der Waals surface area contributed by atoms with Gasteiger partial charge in [0, 0.05) is 24.3 Å². The van der Waals surface area contributed by atoms with Crippen LogP contribution in [0.1, 0.15) is 59.0 Å². The van der Waals surface area contributed by atoms with E-state index in [-0.39, 0.29) is 17.6 Å². The normalized spacial score (nSPS) is 16.4. The van der Waals surface area contributed by atoms with Crippen LogP contribution in [-0.4, -0.2) is 34.3 Å². The molecule has 1 saturated heterocycles. The number of hydrogen-bond acceptors (Lipinski definition) is 4. The Kier molecular flexibility index (Phi) is 5.82. The zero-order chi connectivity index (χ0) is 19.2. The van der Waals surface area contributed by atoms with Gasteiger partial charge in [0.25, 0.3) is 11.8 Å². The molecule has 1 aromatic carbocycles. The standard InChI is InChI=1S/C21H22N4O2/c1-2-17-8-5-6-12-25(17)21(27)15-10-11-23-19(13-15)20(26)24-18-9-4-3-7-16(18)14-22/h3-4,7,9-11,13,17H,2,5-6,8,12H2,1H3,(H,24,26). The predicted octanol–water partition coefficient (Wildman–Crippen LogP) is 3.61. The number of aromatic nitrogens is 1. The number of likely N-dealkylation sites (tertiary alicyclic amines) is 1. The van der Waals surface area contributed by atoms with Gasteiger partial charge in [-0.25, -0.2) is 0 Å². The largest absolute Gasteiger partial charge is 0.336 e. The number of rotatable bonds is 4. The molecule has 0 aliphatic carbocycles. The molecule has 1 aliphatic heterocycles. The maximum Gasteiger partial charge on any atom is 0.274 e. The molecule has 0 saturated carbocycles. The minimum absolute atomic E-state index is 0.0598. The molecule has 1 N–H and O–H groups in total. The molecule has 3 rings (SSSR count). The van der Waals surface area contributed by atoms with Gasteiger partial charge in [0.1, 0.15) is 11.8 Å². The van der Waals surface area contributed by atoms with Crippen LogP contribution in [0.15, 0.2) is 42.6 Å². The van der Waals surface area contributed by atoms with Gasteiger partial charge in [0.05, 0.1) is 11.3 Å². The maximum atomic E-state index is 12.9. The Morgan fingerprint density at radius 2 is 2.11 bits per heavy atom. The summed E-state index contributed by atoms with van der Waals surface area (Å²) < 4.78 is 0. The number of nitrogens with one attached hydrogen (secondary N) is 1. The summed E-state index contributed by atoms with van der Waals surface area (Å²) in [5, 5.41) is 11.8. The van der Waals surface area contributed by atoms with Gasteiger partial charge in [-0.2, -0.15) is 5.26 Å². The summed E-state index contributed by atoms with van der Waals surface area (Å²) in [7, 11) is 0. The van der Waals surface area contributed by atoms with Crippen molar-refractivity contribution in [3.05, 3.63) is 59.4 Å². The number of pyridine rings is 1. The molecule has 138 valence electrons. The molecule has 1 aliphatic rings. The second-order valence-corrected chi connectivity index (χ2v) is 6.60. The topological polar surface area (TPSA) is 86.1 Å². The smallest absolute Gasteiger partial charge is 0.274 e. The van der Waals surface area contributed by atoms with Crippen LogP contribution >= 0.6 is 0 Å². The predicted molar refractivity (Wildman–Crippen MR) is 102 cm³/mol. The van der Waals surface area contributed by atoms with Crippen LogP contribution in [0, 0.1) is 11.3 Å². The number of para-hydroxylation sites is 1. The average molecular weight is 362 g/mol. The molecule has 1 fully saturated rings. The number of amides is 2. The lowest BCUT2D eigenvalue weighted by molar-refractivity contribution is 0.0608. The fourth-order valence-electron chi connectivity index (χ4n) is 3.42. The number of benzene rings is 1. The Morgan fingerprint density at radius 3 is 2.89 bits per heavy atom. The van der Waals surface area contributed by atoms with E-state index in [0.29, 0.717) is 16.8 Å². The number of nitrogens with zero attached hydrogens (tertiary/aromatic N) is 3. The number of hydrogen-bond donors (Lipinski definition) is 1. The minimum Gasteiger partial charge on any atom is -0.336 e. The summed E-state index contributed by atoms with van der Waals surface area (Å²) in [6.07, 6.45) is 5.57. The third kappa shape index (κ3) is 4.14. The first-order chi connectivity index (χ1) is 13.1. The van der Waals surface area contributed by atoms with Crippen molar-refractivity contribution in [2.45, 2.75) is 38.6 Å². The molecule has 6 nitrogen and oxygen atoms in total. The van der Waals surface area contributed by atoms with Crippen LogP contribution in [-0.2, 0) is 0 Å². The van der Waals surface area contributed by atoms with Crippen molar-refractivity contribution in [2.75, 3.05) is 11.9 Å². The number of nitriles is 1. The summed E-state index contributed by atoms with van der Waals surface area (Å²) in [5.74, 6) is -0.506. The molecule has 0 spiro atoms. The highest BCUT2D eigenvalue weighted by atomic mass is 16.2. The van der Waals surface area contributed by atoms with Gasteiger partial charge >= 0.3 is 0 Å². The Bertz CT molecular complexity index is 888. The van der Waals surface area contributed by atoms with Crippen molar-refractivity contribution in [1.82, 2.24) is 9.88 Å². The molecule has 1 atom stereocenters. The van der Waals surface area contributed by atoms with E-state index in [9.17, 15) is 9.59 Å². The van der Waals surface area contributed by atoms with E-state index in [1.807, 2.05) is 11.0 Å². The van der Waals surface area contributed by atoms with Gasteiger partial charge in [0.15, 0.2) is 0 Å². The molecular formula is C21H22N4O2. The average Bonchev–Trinajstić information content (AvgIpc) is 2.73. The first-order valence-corrected chi connectivity index (χ1v) is 9.21. The van der Waals surface area contributed by atoms with Gasteiger partial charge in [-0.05, 0) is 49.9 Å². The third-order valence-corrected chi connectivity index (χ3v) is 4.89. The fraction of sp³-hybridized carbons (Fsp3) is 0.333. The van der Waals surface area contributed by atoms with E-state index in [4.69, 9.17) is 5.26 Å². The number of carbonyl (C=O) groups excluding carboxylic acids is 2. The molecule has 27 heavy (non-hydrogen) atoms. The lowest BCUT2D eigenvalue weighted by Gasteiger charge is -2.35. The first-order valence-electron chi connectivity index (χ1n) is 9.21. The number of piperidine rings is 1. The van der Waals surface area contributed by atoms with E-state index in [2.05, 4.69) is 17.2 Å². The molecule has 6 heteroatoms. The zero-order valence-electron chi connectivity index (χ0n) is 15.3. The van der Waals surface area contributed by atoms with Crippen LogP contribution in [0.2, 0.25) is 0 Å². The van der Waals surface area contributed by atoms with Crippen LogP contribution in [0.4, 0.5) is 5.69 Å². The highest BCUT2D eigenvalue weighted by Crippen LogP contribution is 2.22. The lowest BCUT2D eigenvalue weighted by atomic mass is 9.99. The second kappa shape index (κ2) is 8.45. The molecular weight excluding hydrogens is 340 g/mol. The molecule has 2 aromatic rings. The van der Waals surface area contributed by atoms with Crippen molar-refractivity contribution in [2.24, 2.45) is 0 Å². The lowest BCUT2D eigenvalue weighted by Crippen LogP contribution is -2.43. The molecule has 2 heterocycles. The summed E-state index contributed by atoms with van der Waals surface area (Å²) in [5.41, 5.74) is 1.41. The van der Waals surface area contributed by atoms with Crippen molar-refractivity contribution < 1.29 is 9.59 Å². The van der Waals surface area contributed by atoms with Crippen LogP contribution in [0.25, 0.3) is 0 Å². The molecule has 0 bridgehead atoms. The second-order valence-electron chi connectivity index (χ2n) is 6.60. The van der Waals surface area contributed by atoms with E-state index in [1.54, 1.807) is 30.3 Å². The molecule has 1 aromatic heterocycles. The van der Waals surface area contributed by atoms with Crippen molar-refractivity contribution in [3.63, 3.8) is 0 Å². The van der Waals surface area contributed by atoms with Crippen LogP contribution in [0.3, 0.4) is 0 Å². The van der Waals surface area contributed by atoms with Gasteiger partial charge in [-0.15, -0.1) is 0 Å². The van der Waals surface area contributed by atoms with E-state index >= 15 is 0 Å². The highest BCUT2D eigenvalue weighted by Gasteiger charge is 2.26. The summed E-state index contributed by atoms with van der Waals surface area (Å²) in [4.78, 5) is 31.5. The van der Waals surface area contributed by atoms with E-state index in [0.717, 1.165) is 32.2 Å². The Hall–Kier alpha value is -3.20. The quantitative estimate of drug-likeness (QED) is 0.900. The van der Waals surface area contributed by atoms with E-state index in [1.165, 1.54) is 12.3 Å². The fourth-order valence-corrected chi connectivity index (χ4v) is 3.42. The van der Waals surface area contributed by atoms with Gasteiger partial charge < -0.3 is 10.2 Å². The number of carbonyl (C=O) groups is 2. The van der Waals surface area contributed by atoms with Crippen LogP contribution in [0.5, 0.6) is 0 Å². The first kappa shape index (κ1) is 18.6. The van der Waals surface area contributed by atoms with Gasteiger partial charge in [0.2, 0.25) is 0 Å². The van der Waals surface area contributed by atoms with Crippen LogP contribution < -0.4 is 5.32 Å². The Labute approximate surface area is 158 Å². The van der Waals surface area contributed by atoms with Crippen molar-refractivity contribution >= 4 is 17.5 Å². The summed E-state index contributed by atoms with van der Waals surface area (Å²) in [6.45, 7) is 2.84. The summed E-state index contributed by atoms with van der Waals surface area (Å²) in [6, 6.07) is 12.2. The monoisotopic (exact) mass is 362 g/mol.